The molecule has 3 rings (SSSR count). The summed E-state index contributed by atoms with van der Waals surface area (Å²) in [7, 11) is -2.92. The van der Waals surface area contributed by atoms with Gasteiger partial charge in [0.25, 0.3) is 0 Å². The lowest BCUT2D eigenvalue weighted by Gasteiger charge is -2.33. The van der Waals surface area contributed by atoms with Crippen LogP contribution in [0.5, 0.6) is 0 Å². The van der Waals surface area contributed by atoms with Crippen LogP contribution in [-0.4, -0.2) is 37.5 Å². The highest BCUT2D eigenvalue weighted by Crippen LogP contribution is 2.44. The van der Waals surface area contributed by atoms with Gasteiger partial charge in [-0.2, -0.15) is 0 Å². The van der Waals surface area contributed by atoms with Crippen molar-refractivity contribution in [3.8, 4) is 0 Å². The molecule has 0 atom stereocenters. The van der Waals surface area contributed by atoms with E-state index < -0.39 is 15.8 Å². The highest BCUT2D eigenvalue weighted by Gasteiger charge is 2.43. The minimum Gasteiger partial charge on any atom is -0.478 e. The van der Waals surface area contributed by atoms with Gasteiger partial charge in [0, 0.05) is 17.6 Å². The number of nitrogens with one attached hydrogen (secondary N) is 1. The zero-order valence-corrected chi connectivity index (χ0v) is 11.2. The van der Waals surface area contributed by atoms with Crippen LogP contribution in [0, 0.1) is 0 Å². The van der Waals surface area contributed by atoms with Gasteiger partial charge in [-0.3, -0.25) is 0 Å². The molecule has 1 saturated heterocycles. The van der Waals surface area contributed by atoms with Gasteiger partial charge in [-0.1, -0.05) is 0 Å². The summed E-state index contributed by atoms with van der Waals surface area (Å²) in [5.41, 5.74) is 1.94. The van der Waals surface area contributed by atoms with Crippen molar-refractivity contribution in [3.63, 3.8) is 0 Å². The molecule has 1 aromatic rings. The number of sulfone groups is 1. The SMILES string of the molecule is O=C(O)c1ccc2c(c1)C1(CCS(=O)(=O)CC1)CN2. The van der Waals surface area contributed by atoms with Gasteiger partial charge in [0.05, 0.1) is 17.1 Å². The van der Waals surface area contributed by atoms with Crippen LogP contribution in [0.4, 0.5) is 5.69 Å². The van der Waals surface area contributed by atoms with Crippen LogP contribution in [0.3, 0.4) is 0 Å². The molecule has 5 nitrogen and oxygen atoms in total. The van der Waals surface area contributed by atoms with E-state index in [1.165, 1.54) is 0 Å². The van der Waals surface area contributed by atoms with E-state index in [0.717, 1.165) is 11.3 Å². The average molecular weight is 281 g/mol. The molecule has 0 amide bonds. The van der Waals surface area contributed by atoms with Crippen LogP contribution in [0.2, 0.25) is 0 Å². The lowest BCUT2D eigenvalue weighted by molar-refractivity contribution is 0.0696. The second-order valence-corrected chi connectivity index (χ2v) is 7.65. The third kappa shape index (κ3) is 2.00. The molecule has 0 radical (unpaired) electrons. The Balaban J connectivity index is 2.01. The number of carboxylic acid groups (broad SMARTS) is 1. The van der Waals surface area contributed by atoms with Gasteiger partial charge in [0.1, 0.15) is 9.84 Å². The number of benzene rings is 1. The molecule has 0 aromatic heterocycles. The third-order valence-corrected chi connectivity index (χ3v) is 5.89. The number of hydrogen-bond donors (Lipinski definition) is 2. The maximum atomic E-state index is 11.6. The predicted molar refractivity (Wildman–Crippen MR) is 71.5 cm³/mol. The summed E-state index contributed by atoms with van der Waals surface area (Å²) in [6.07, 6.45) is 1.14. The number of aromatic carboxylic acids is 1. The number of anilines is 1. The van der Waals surface area contributed by atoms with E-state index >= 15 is 0 Å². The lowest BCUT2D eigenvalue weighted by Crippen LogP contribution is -2.38. The van der Waals surface area contributed by atoms with Crippen molar-refractivity contribution in [1.29, 1.82) is 0 Å². The minimum absolute atomic E-state index is 0.186. The second-order valence-electron chi connectivity index (χ2n) is 5.35. The number of fused-ring (bicyclic) bond motifs is 2. The zero-order chi connectivity index (χ0) is 13.7. The molecule has 2 aliphatic rings. The Bertz CT molecular complexity index is 637. The summed E-state index contributed by atoms with van der Waals surface area (Å²) in [6.45, 7) is 0.695. The standard InChI is InChI=1S/C13H15NO4S/c15-12(16)9-1-2-11-10(7-9)13(8-14-11)3-5-19(17,18)6-4-13/h1-2,7,14H,3-6,8H2,(H,15,16). The van der Waals surface area contributed by atoms with Crippen molar-refractivity contribution in [3.05, 3.63) is 29.3 Å². The Morgan fingerprint density at radius 2 is 1.95 bits per heavy atom. The molecular weight excluding hydrogens is 266 g/mol. The molecule has 1 spiro atoms. The summed E-state index contributed by atoms with van der Waals surface area (Å²) in [4.78, 5) is 11.1. The third-order valence-electron chi connectivity index (χ3n) is 4.24. The quantitative estimate of drug-likeness (QED) is 0.809. The van der Waals surface area contributed by atoms with Crippen LogP contribution in [0.1, 0.15) is 28.8 Å². The van der Waals surface area contributed by atoms with Crippen molar-refractivity contribution >= 4 is 21.5 Å². The fourth-order valence-corrected chi connectivity index (χ4v) is 4.61. The summed E-state index contributed by atoms with van der Waals surface area (Å²) in [5.74, 6) is -0.579. The molecule has 0 bridgehead atoms. The Hall–Kier alpha value is -1.56. The number of rotatable bonds is 1. The van der Waals surface area contributed by atoms with Crippen LogP contribution >= 0.6 is 0 Å². The Labute approximate surface area is 111 Å². The monoisotopic (exact) mass is 281 g/mol. The van der Waals surface area contributed by atoms with Gasteiger partial charge in [0.15, 0.2) is 0 Å². The molecule has 0 unspecified atom stereocenters. The van der Waals surface area contributed by atoms with Gasteiger partial charge in [0.2, 0.25) is 0 Å². The molecule has 2 N–H and O–H groups in total. The van der Waals surface area contributed by atoms with E-state index in [1.807, 2.05) is 0 Å². The van der Waals surface area contributed by atoms with Crippen molar-refractivity contribution < 1.29 is 18.3 Å². The van der Waals surface area contributed by atoms with Gasteiger partial charge < -0.3 is 10.4 Å². The number of carbonyl (C=O) groups is 1. The summed E-state index contributed by atoms with van der Waals surface area (Å²) < 4.78 is 23.1. The minimum atomic E-state index is -2.92. The molecule has 0 saturated carbocycles. The highest BCUT2D eigenvalue weighted by molar-refractivity contribution is 7.91. The van der Waals surface area contributed by atoms with Crippen molar-refractivity contribution in [1.82, 2.24) is 0 Å². The largest absolute Gasteiger partial charge is 0.478 e. The molecule has 1 fully saturated rings. The van der Waals surface area contributed by atoms with E-state index in [1.54, 1.807) is 18.2 Å². The molecule has 2 heterocycles. The smallest absolute Gasteiger partial charge is 0.335 e. The van der Waals surface area contributed by atoms with Gasteiger partial charge in [-0.25, -0.2) is 13.2 Å². The molecule has 0 aliphatic carbocycles. The fraction of sp³-hybridized carbons (Fsp3) is 0.462. The first-order chi connectivity index (χ1) is 8.92. The molecule has 1 aromatic carbocycles. The number of carboxylic acids is 1. The van der Waals surface area contributed by atoms with Crippen LogP contribution in [-0.2, 0) is 15.3 Å². The first-order valence-electron chi connectivity index (χ1n) is 6.24. The van der Waals surface area contributed by atoms with Crippen LogP contribution in [0.15, 0.2) is 18.2 Å². The van der Waals surface area contributed by atoms with E-state index in [9.17, 15) is 13.2 Å². The lowest BCUT2D eigenvalue weighted by atomic mass is 9.77. The van der Waals surface area contributed by atoms with Crippen molar-refractivity contribution in [2.24, 2.45) is 0 Å². The summed E-state index contributed by atoms with van der Waals surface area (Å²) >= 11 is 0. The fourth-order valence-electron chi connectivity index (χ4n) is 3.00. The van der Waals surface area contributed by atoms with E-state index in [2.05, 4.69) is 5.32 Å². The molecule has 6 heteroatoms. The highest BCUT2D eigenvalue weighted by atomic mass is 32.2. The normalized spacial score (nSPS) is 22.7. The molecule has 102 valence electrons. The first kappa shape index (κ1) is 12.5. The average Bonchev–Trinajstić information content (AvgIpc) is 2.72. The topological polar surface area (TPSA) is 83.5 Å². The van der Waals surface area contributed by atoms with E-state index in [0.29, 0.717) is 19.4 Å². The Morgan fingerprint density at radius 1 is 1.26 bits per heavy atom. The van der Waals surface area contributed by atoms with Crippen LogP contribution in [0.25, 0.3) is 0 Å². The van der Waals surface area contributed by atoms with Gasteiger partial charge in [-0.15, -0.1) is 0 Å². The summed E-state index contributed by atoms with van der Waals surface area (Å²) in [6, 6.07) is 5.04. The maximum Gasteiger partial charge on any atom is 0.335 e. The summed E-state index contributed by atoms with van der Waals surface area (Å²) in [5, 5.41) is 12.3. The van der Waals surface area contributed by atoms with Crippen LogP contribution < -0.4 is 5.32 Å². The van der Waals surface area contributed by atoms with Crippen molar-refractivity contribution in [2.45, 2.75) is 18.3 Å². The zero-order valence-electron chi connectivity index (χ0n) is 10.3. The first-order valence-corrected chi connectivity index (χ1v) is 8.06. The maximum absolute atomic E-state index is 11.6. The van der Waals surface area contributed by atoms with Gasteiger partial charge >= 0.3 is 5.97 Å². The Morgan fingerprint density at radius 3 is 2.58 bits per heavy atom. The van der Waals surface area contributed by atoms with Crippen molar-refractivity contribution in [2.75, 3.05) is 23.4 Å². The second kappa shape index (κ2) is 3.96. The molecule has 2 aliphatic heterocycles. The predicted octanol–water partition coefficient (Wildman–Crippen LogP) is 1.26. The molecule has 19 heavy (non-hydrogen) atoms. The Kier molecular flexibility index (Phi) is 2.60. The van der Waals surface area contributed by atoms with Gasteiger partial charge in [-0.05, 0) is 36.6 Å². The molecular formula is C13H15NO4S. The van der Waals surface area contributed by atoms with E-state index in [4.69, 9.17) is 5.11 Å². The van der Waals surface area contributed by atoms with E-state index in [-0.39, 0.29) is 22.5 Å². The number of hydrogen-bond acceptors (Lipinski definition) is 4.